The third-order valence-electron chi connectivity index (χ3n) is 15.9. The number of aliphatic hydroxyl groups excluding tert-OH is 2. The lowest BCUT2D eigenvalue weighted by atomic mass is 10.0. The second-order valence-corrected chi connectivity index (χ2v) is 23.5. The summed E-state index contributed by atoms with van der Waals surface area (Å²) >= 11 is 0. The van der Waals surface area contributed by atoms with E-state index in [1.54, 1.807) is 6.08 Å². The van der Waals surface area contributed by atoms with Gasteiger partial charge in [-0.05, 0) is 64.2 Å². The zero-order chi connectivity index (χ0) is 55.0. The van der Waals surface area contributed by atoms with E-state index >= 15 is 0 Å². The van der Waals surface area contributed by atoms with Crippen LogP contribution in [0.3, 0.4) is 0 Å². The summed E-state index contributed by atoms with van der Waals surface area (Å²) in [6.07, 6.45) is 83.6. The number of carbonyl (C=O) groups is 2. The van der Waals surface area contributed by atoms with E-state index in [2.05, 4.69) is 43.5 Å². The van der Waals surface area contributed by atoms with Crippen LogP contribution < -0.4 is 5.32 Å². The van der Waals surface area contributed by atoms with Gasteiger partial charge < -0.3 is 20.3 Å². The lowest BCUT2D eigenvalue weighted by Gasteiger charge is -2.20. The Kier molecular flexibility index (Phi) is 63.9. The first-order valence-electron chi connectivity index (χ1n) is 34.3. The summed E-state index contributed by atoms with van der Waals surface area (Å²) in [7, 11) is 0. The summed E-state index contributed by atoms with van der Waals surface area (Å²) in [5.74, 6) is -0.0567. The highest BCUT2D eigenvalue weighted by molar-refractivity contribution is 5.76. The molecule has 0 spiro atoms. The third kappa shape index (κ3) is 61.3. The number of allylic oxidation sites excluding steroid dienone is 5. The Balaban J connectivity index is 3.34. The second kappa shape index (κ2) is 65.6. The van der Waals surface area contributed by atoms with Gasteiger partial charge in [-0.1, -0.05) is 333 Å². The predicted octanol–water partition coefficient (Wildman–Crippen LogP) is 21.9. The second-order valence-electron chi connectivity index (χ2n) is 23.5. The molecule has 0 aliphatic carbocycles. The zero-order valence-corrected chi connectivity index (χ0v) is 51.3. The minimum Gasteiger partial charge on any atom is -0.466 e. The highest BCUT2D eigenvalue weighted by Gasteiger charge is 2.18. The SMILES string of the molecule is CCCCC/C=C\C/C=C\CCCCCCCC(=O)OCCCCCCCCCCCCCCCCCCCCCCCCCCCCCCCCC(=O)NC(CO)C(O)/C=C/CCCCCCCCCCCCCC. The van der Waals surface area contributed by atoms with Gasteiger partial charge in [0, 0.05) is 12.8 Å². The van der Waals surface area contributed by atoms with E-state index in [9.17, 15) is 19.8 Å². The van der Waals surface area contributed by atoms with Crippen molar-refractivity contribution < 1.29 is 24.5 Å². The molecule has 3 N–H and O–H groups in total. The van der Waals surface area contributed by atoms with Gasteiger partial charge >= 0.3 is 5.97 Å². The number of amides is 1. The molecule has 0 aliphatic rings. The number of rotatable bonds is 64. The number of aliphatic hydroxyl groups is 2. The van der Waals surface area contributed by atoms with Crippen LogP contribution in [0.15, 0.2) is 36.5 Å². The molecule has 0 saturated heterocycles. The maximum Gasteiger partial charge on any atom is 0.305 e. The molecule has 0 aromatic rings. The summed E-state index contributed by atoms with van der Waals surface area (Å²) in [5, 5.41) is 23.1. The molecular weight excluding hydrogens is 935 g/mol. The Bertz CT molecular complexity index is 1230. The van der Waals surface area contributed by atoms with Gasteiger partial charge in [-0.3, -0.25) is 9.59 Å². The summed E-state index contributed by atoms with van der Waals surface area (Å²) in [6.45, 7) is 4.89. The molecule has 2 atom stereocenters. The van der Waals surface area contributed by atoms with E-state index in [1.165, 1.54) is 295 Å². The smallest absolute Gasteiger partial charge is 0.305 e. The number of esters is 1. The van der Waals surface area contributed by atoms with E-state index in [-0.39, 0.29) is 18.5 Å². The lowest BCUT2D eigenvalue weighted by molar-refractivity contribution is -0.143. The fourth-order valence-electron chi connectivity index (χ4n) is 10.7. The van der Waals surface area contributed by atoms with Gasteiger partial charge in [-0.25, -0.2) is 0 Å². The Morgan fingerprint density at radius 2 is 0.658 bits per heavy atom. The molecule has 0 aromatic carbocycles. The zero-order valence-electron chi connectivity index (χ0n) is 51.3. The topological polar surface area (TPSA) is 95.9 Å². The Morgan fingerprint density at radius 3 is 1.03 bits per heavy atom. The Labute approximate surface area is 474 Å². The molecule has 1 amide bonds. The van der Waals surface area contributed by atoms with Crippen molar-refractivity contribution in [1.29, 1.82) is 0 Å². The molecule has 448 valence electrons. The molecule has 0 rings (SSSR count). The molecular formula is C70H133NO5. The van der Waals surface area contributed by atoms with E-state index in [1.807, 2.05) is 6.08 Å². The molecule has 6 nitrogen and oxygen atoms in total. The van der Waals surface area contributed by atoms with Crippen molar-refractivity contribution in [1.82, 2.24) is 5.32 Å². The van der Waals surface area contributed by atoms with Crippen LogP contribution in [0.2, 0.25) is 0 Å². The first-order chi connectivity index (χ1) is 37.5. The molecule has 0 saturated carbocycles. The fraction of sp³-hybridized carbons (Fsp3) is 0.886. The first-order valence-corrected chi connectivity index (χ1v) is 34.3. The predicted molar refractivity (Wildman–Crippen MR) is 333 cm³/mol. The normalized spacial score (nSPS) is 12.7. The highest BCUT2D eigenvalue weighted by atomic mass is 16.5. The average Bonchev–Trinajstić information content (AvgIpc) is 3.42. The maximum absolute atomic E-state index is 12.5. The molecule has 0 heterocycles. The minimum absolute atomic E-state index is 0.00592. The Morgan fingerprint density at radius 1 is 0.368 bits per heavy atom. The van der Waals surface area contributed by atoms with Crippen LogP contribution in [-0.4, -0.2) is 47.4 Å². The van der Waals surface area contributed by atoms with Gasteiger partial charge in [-0.15, -0.1) is 0 Å². The van der Waals surface area contributed by atoms with E-state index in [0.29, 0.717) is 19.4 Å². The number of nitrogens with one attached hydrogen (secondary N) is 1. The van der Waals surface area contributed by atoms with Gasteiger partial charge in [-0.2, -0.15) is 0 Å². The fourth-order valence-corrected chi connectivity index (χ4v) is 10.7. The lowest BCUT2D eigenvalue weighted by Crippen LogP contribution is -2.45. The molecule has 0 aromatic heterocycles. The first kappa shape index (κ1) is 74.1. The summed E-state index contributed by atoms with van der Waals surface area (Å²) in [6, 6.07) is -0.624. The largest absolute Gasteiger partial charge is 0.466 e. The number of hydrogen-bond donors (Lipinski definition) is 3. The monoisotopic (exact) mass is 1070 g/mol. The van der Waals surface area contributed by atoms with Crippen molar-refractivity contribution in [3.63, 3.8) is 0 Å². The standard InChI is InChI=1S/C70H133NO5/c1-3-5-7-9-11-13-15-17-35-40-44-48-52-56-60-64-70(75)76-65-61-57-53-49-45-41-37-34-32-30-28-26-24-22-20-19-21-23-25-27-29-31-33-36-39-43-47-51-55-59-63-69(74)71-67(66-72)68(73)62-58-54-50-46-42-38-18-16-14-12-10-8-6-4-2/h11,13,17,35,58,62,67-68,72-73H,3-10,12,14-16,18-34,36-57,59-61,63-66H2,1-2H3,(H,71,74)/b13-11-,35-17-,62-58+. The molecule has 0 fully saturated rings. The van der Waals surface area contributed by atoms with E-state index < -0.39 is 12.1 Å². The van der Waals surface area contributed by atoms with Crippen molar-refractivity contribution in [2.24, 2.45) is 0 Å². The molecule has 0 aliphatic heterocycles. The summed E-state index contributed by atoms with van der Waals surface area (Å²) in [4.78, 5) is 24.5. The van der Waals surface area contributed by atoms with Crippen LogP contribution in [0.5, 0.6) is 0 Å². The third-order valence-corrected chi connectivity index (χ3v) is 15.9. The van der Waals surface area contributed by atoms with Crippen molar-refractivity contribution in [3.8, 4) is 0 Å². The van der Waals surface area contributed by atoms with Gasteiger partial charge in [0.15, 0.2) is 0 Å². The summed E-state index contributed by atoms with van der Waals surface area (Å²) < 4.78 is 5.49. The van der Waals surface area contributed by atoms with E-state index in [4.69, 9.17) is 4.74 Å². The van der Waals surface area contributed by atoms with Gasteiger partial charge in [0.1, 0.15) is 0 Å². The number of carbonyl (C=O) groups excluding carboxylic acids is 2. The quantitative estimate of drug-likeness (QED) is 0.0320. The molecule has 6 heteroatoms. The van der Waals surface area contributed by atoms with Gasteiger partial charge in [0.25, 0.3) is 0 Å². The van der Waals surface area contributed by atoms with Crippen LogP contribution in [0.4, 0.5) is 0 Å². The van der Waals surface area contributed by atoms with Crippen molar-refractivity contribution in [2.75, 3.05) is 13.2 Å². The van der Waals surface area contributed by atoms with Gasteiger partial charge in [0.05, 0.1) is 25.4 Å². The number of unbranched alkanes of at least 4 members (excludes halogenated alkanes) is 49. The van der Waals surface area contributed by atoms with Gasteiger partial charge in [0.2, 0.25) is 5.91 Å². The van der Waals surface area contributed by atoms with Crippen LogP contribution in [0.1, 0.15) is 373 Å². The van der Waals surface area contributed by atoms with Crippen LogP contribution in [0, 0.1) is 0 Å². The molecule has 0 bridgehead atoms. The average molecular weight is 1070 g/mol. The van der Waals surface area contributed by atoms with Crippen molar-refractivity contribution in [3.05, 3.63) is 36.5 Å². The highest BCUT2D eigenvalue weighted by Crippen LogP contribution is 2.18. The van der Waals surface area contributed by atoms with Crippen LogP contribution >= 0.6 is 0 Å². The number of ether oxygens (including phenoxy) is 1. The maximum atomic E-state index is 12.5. The Hall–Kier alpha value is -1.92. The van der Waals surface area contributed by atoms with Crippen molar-refractivity contribution in [2.45, 2.75) is 386 Å². The number of hydrogen-bond acceptors (Lipinski definition) is 5. The van der Waals surface area contributed by atoms with Crippen LogP contribution in [-0.2, 0) is 14.3 Å². The summed E-state index contributed by atoms with van der Waals surface area (Å²) in [5.41, 5.74) is 0. The minimum atomic E-state index is -0.841. The molecule has 0 radical (unpaired) electrons. The molecule has 2 unspecified atom stereocenters. The van der Waals surface area contributed by atoms with Crippen molar-refractivity contribution >= 4 is 11.9 Å². The van der Waals surface area contributed by atoms with Crippen LogP contribution in [0.25, 0.3) is 0 Å². The van der Waals surface area contributed by atoms with E-state index in [0.717, 1.165) is 51.4 Å². The molecule has 76 heavy (non-hydrogen) atoms.